The van der Waals surface area contributed by atoms with E-state index in [1.54, 1.807) is 11.1 Å². The van der Waals surface area contributed by atoms with Gasteiger partial charge in [-0.1, -0.05) is 54.6 Å². The monoisotopic (exact) mass is 370 g/mol. The molecule has 1 N–H and O–H groups in total. The zero-order chi connectivity index (χ0) is 19.1. The van der Waals surface area contributed by atoms with Gasteiger partial charge in [-0.3, -0.25) is 14.7 Å². The summed E-state index contributed by atoms with van der Waals surface area (Å²) in [6, 6.07) is 19.5. The highest BCUT2D eigenvalue weighted by Crippen LogP contribution is 2.24. The van der Waals surface area contributed by atoms with Crippen LogP contribution in [0.2, 0.25) is 0 Å². The van der Waals surface area contributed by atoms with Crippen LogP contribution >= 0.6 is 0 Å². The number of H-pyrrole nitrogens is 1. The van der Waals surface area contributed by atoms with E-state index in [1.165, 1.54) is 10.6 Å². The van der Waals surface area contributed by atoms with Crippen LogP contribution in [0.25, 0.3) is 28.0 Å². The highest BCUT2D eigenvalue weighted by atomic mass is 16.2. The third-order valence-corrected chi connectivity index (χ3v) is 5.16. The number of hydrogen-bond donors (Lipinski definition) is 1. The van der Waals surface area contributed by atoms with Crippen LogP contribution in [0.4, 0.5) is 0 Å². The summed E-state index contributed by atoms with van der Waals surface area (Å²) in [7, 11) is 0. The van der Waals surface area contributed by atoms with E-state index in [4.69, 9.17) is 0 Å². The first kappa shape index (κ1) is 16.5. The molecule has 0 aliphatic carbocycles. The number of aromatic amines is 1. The van der Waals surface area contributed by atoms with Crippen molar-refractivity contribution in [2.45, 2.75) is 6.42 Å². The molecule has 28 heavy (non-hydrogen) atoms. The SMILES string of the molecule is O=C(c1c[nH]n2c(=O)cc(-c3ccc(-c4ccccc4)cc3)nc12)N1CCC1. The first-order valence-electron chi connectivity index (χ1n) is 9.27. The van der Waals surface area contributed by atoms with Gasteiger partial charge in [0.05, 0.1) is 5.69 Å². The lowest BCUT2D eigenvalue weighted by Gasteiger charge is -2.30. The van der Waals surface area contributed by atoms with Gasteiger partial charge in [-0.2, -0.15) is 0 Å². The number of likely N-dealkylation sites (tertiary alicyclic amines) is 1. The largest absolute Gasteiger partial charge is 0.338 e. The Hall–Kier alpha value is -3.67. The summed E-state index contributed by atoms with van der Waals surface area (Å²) < 4.78 is 1.31. The lowest BCUT2D eigenvalue weighted by molar-refractivity contribution is 0.0653. The summed E-state index contributed by atoms with van der Waals surface area (Å²) >= 11 is 0. The van der Waals surface area contributed by atoms with Crippen LogP contribution in [0.1, 0.15) is 16.8 Å². The predicted octanol–water partition coefficient (Wildman–Crippen LogP) is 3.20. The number of hydrogen-bond acceptors (Lipinski definition) is 3. The molecule has 1 amide bonds. The molecule has 0 spiro atoms. The third kappa shape index (κ3) is 2.70. The average molecular weight is 370 g/mol. The number of carbonyl (C=O) groups excluding carboxylic acids is 1. The summed E-state index contributed by atoms with van der Waals surface area (Å²) in [5.41, 5.74) is 4.17. The second-order valence-electron chi connectivity index (χ2n) is 6.91. The molecule has 6 heteroatoms. The molecule has 0 bridgehead atoms. The quantitative estimate of drug-likeness (QED) is 0.602. The zero-order valence-electron chi connectivity index (χ0n) is 15.1. The number of aromatic nitrogens is 3. The van der Waals surface area contributed by atoms with Gasteiger partial charge in [0.1, 0.15) is 5.56 Å². The minimum absolute atomic E-state index is 0.0894. The van der Waals surface area contributed by atoms with E-state index in [0.717, 1.165) is 36.2 Å². The Morgan fingerprint density at radius 3 is 2.29 bits per heavy atom. The maximum atomic E-state index is 12.6. The topological polar surface area (TPSA) is 70.5 Å². The van der Waals surface area contributed by atoms with Crippen molar-refractivity contribution in [3.8, 4) is 22.4 Å². The molecule has 138 valence electrons. The number of nitrogens with zero attached hydrogens (tertiary/aromatic N) is 3. The maximum absolute atomic E-state index is 12.6. The molecule has 1 saturated heterocycles. The highest BCUT2D eigenvalue weighted by molar-refractivity contribution is 6.00. The number of nitrogens with one attached hydrogen (secondary N) is 1. The fourth-order valence-corrected chi connectivity index (χ4v) is 3.44. The first-order valence-corrected chi connectivity index (χ1v) is 9.27. The van der Waals surface area contributed by atoms with E-state index >= 15 is 0 Å². The summed E-state index contributed by atoms with van der Waals surface area (Å²) in [6.07, 6.45) is 2.58. The third-order valence-electron chi connectivity index (χ3n) is 5.16. The van der Waals surface area contributed by atoms with Crippen LogP contribution in [0.15, 0.2) is 71.7 Å². The molecular weight excluding hydrogens is 352 g/mol. The Bertz CT molecular complexity index is 1220. The Labute approximate surface area is 161 Å². The minimum atomic E-state index is -0.241. The van der Waals surface area contributed by atoms with Crippen molar-refractivity contribution < 1.29 is 4.79 Å². The number of fused-ring (bicyclic) bond motifs is 1. The normalized spacial score (nSPS) is 13.5. The van der Waals surface area contributed by atoms with Gasteiger partial charge in [-0.25, -0.2) is 9.50 Å². The zero-order valence-corrected chi connectivity index (χ0v) is 15.1. The van der Waals surface area contributed by atoms with E-state index in [1.807, 2.05) is 42.5 Å². The molecule has 3 heterocycles. The van der Waals surface area contributed by atoms with Crippen LogP contribution in [-0.2, 0) is 0 Å². The van der Waals surface area contributed by atoms with E-state index in [0.29, 0.717) is 16.9 Å². The number of amides is 1. The van der Waals surface area contributed by atoms with E-state index < -0.39 is 0 Å². The molecule has 4 aromatic rings. The number of rotatable bonds is 3. The van der Waals surface area contributed by atoms with Crippen LogP contribution in [0.3, 0.4) is 0 Å². The predicted molar refractivity (Wildman–Crippen MR) is 107 cm³/mol. The second-order valence-corrected chi connectivity index (χ2v) is 6.91. The molecule has 2 aromatic carbocycles. The molecule has 1 fully saturated rings. The van der Waals surface area contributed by atoms with Crippen molar-refractivity contribution >= 4 is 11.6 Å². The first-order chi connectivity index (χ1) is 13.7. The van der Waals surface area contributed by atoms with Crippen molar-refractivity contribution in [2.75, 3.05) is 13.1 Å². The number of benzene rings is 2. The van der Waals surface area contributed by atoms with Crippen molar-refractivity contribution in [3.05, 3.63) is 82.8 Å². The molecule has 0 atom stereocenters. The van der Waals surface area contributed by atoms with Gasteiger partial charge in [0.15, 0.2) is 5.65 Å². The smallest absolute Gasteiger partial charge is 0.273 e. The Balaban J connectivity index is 1.55. The van der Waals surface area contributed by atoms with Crippen molar-refractivity contribution in [3.63, 3.8) is 0 Å². The van der Waals surface area contributed by atoms with Gasteiger partial charge in [0.25, 0.3) is 11.5 Å². The molecule has 5 rings (SSSR count). The van der Waals surface area contributed by atoms with E-state index in [-0.39, 0.29) is 11.5 Å². The lowest BCUT2D eigenvalue weighted by atomic mass is 10.0. The molecule has 0 saturated carbocycles. The summed E-state index contributed by atoms with van der Waals surface area (Å²) in [5.74, 6) is -0.0894. The molecule has 0 radical (unpaired) electrons. The highest BCUT2D eigenvalue weighted by Gasteiger charge is 2.25. The van der Waals surface area contributed by atoms with Gasteiger partial charge in [0.2, 0.25) is 0 Å². The van der Waals surface area contributed by atoms with E-state index in [2.05, 4.69) is 22.2 Å². The standard InChI is InChI=1S/C22H18N4O2/c27-20-13-19(17-9-7-16(8-10-17)15-5-2-1-3-6-15)24-21-18(14-23-26(20)21)22(28)25-11-4-12-25/h1-3,5-10,13-14,23H,4,11-12H2. The van der Waals surface area contributed by atoms with Gasteiger partial charge in [0, 0.05) is 30.9 Å². The summed E-state index contributed by atoms with van der Waals surface area (Å²) in [4.78, 5) is 31.5. The fraction of sp³-hybridized carbons (Fsp3) is 0.136. The van der Waals surface area contributed by atoms with Crippen LogP contribution in [0.5, 0.6) is 0 Å². The van der Waals surface area contributed by atoms with Gasteiger partial charge in [-0.05, 0) is 17.5 Å². The molecule has 0 unspecified atom stereocenters. The molecule has 1 aliphatic heterocycles. The van der Waals surface area contributed by atoms with Crippen molar-refractivity contribution in [1.82, 2.24) is 19.5 Å². The average Bonchev–Trinajstić information content (AvgIpc) is 3.12. The molecule has 1 aliphatic rings. The molecular formula is C22H18N4O2. The summed E-state index contributed by atoms with van der Waals surface area (Å²) in [5, 5.41) is 2.84. The summed E-state index contributed by atoms with van der Waals surface area (Å²) in [6.45, 7) is 1.50. The van der Waals surface area contributed by atoms with Crippen molar-refractivity contribution in [1.29, 1.82) is 0 Å². The fourth-order valence-electron chi connectivity index (χ4n) is 3.44. The lowest BCUT2D eigenvalue weighted by Crippen LogP contribution is -2.42. The maximum Gasteiger partial charge on any atom is 0.273 e. The number of carbonyl (C=O) groups is 1. The van der Waals surface area contributed by atoms with Crippen LogP contribution in [-0.4, -0.2) is 38.5 Å². The Kier molecular flexibility index (Phi) is 3.83. The van der Waals surface area contributed by atoms with Gasteiger partial charge in [-0.15, -0.1) is 0 Å². The second kappa shape index (κ2) is 6.49. The van der Waals surface area contributed by atoms with Crippen LogP contribution < -0.4 is 5.56 Å². The van der Waals surface area contributed by atoms with Gasteiger partial charge < -0.3 is 4.90 Å². The van der Waals surface area contributed by atoms with Gasteiger partial charge >= 0.3 is 0 Å². The van der Waals surface area contributed by atoms with E-state index in [9.17, 15) is 9.59 Å². The Morgan fingerprint density at radius 2 is 1.61 bits per heavy atom. The molecule has 2 aromatic heterocycles. The Morgan fingerprint density at radius 1 is 0.929 bits per heavy atom. The van der Waals surface area contributed by atoms with Crippen LogP contribution in [0, 0.1) is 0 Å². The molecule has 6 nitrogen and oxygen atoms in total. The van der Waals surface area contributed by atoms with Crippen molar-refractivity contribution in [2.24, 2.45) is 0 Å². The minimum Gasteiger partial charge on any atom is -0.338 e.